The normalized spacial score (nSPS) is 10.1. The van der Waals surface area contributed by atoms with Gasteiger partial charge in [0.25, 0.3) is 0 Å². The monoisotopic (exact) mass is 227 g/mol. The highest BCUT2D eigenvalue weighted by Crippen LogP contribution is 1.90. The fourth-order valence-electron chi connectivity index (χ4n) is 0.948. The molecule has 88 valence electrons. The number of anilines is 1. The minimum Gasteiger partial charge on any atom is -0.463 e. The van der Waals surface area contributed by atoms with Crippen LogP contribution in [0, 0.1) is 0 Å². The highest BCUT2D eigenvalue weighted by Gasteiger charge is 1.98. The average molecular weight is 227 g/mol. The maximum Gasteiger partial charge on any atom is 0.351 e. The first kappa shape index (κ1) is 12.2. The van der Waals surface area contributed by atoms with E-state index in [4.69, 9.17) is 10.5 Å². The van der Waals surface area contributed by atoms with Crippen LogP contribution in [-0.2, 0) is 21.0 Å². The molecular weight excluding hydrogens is 214 g/mol. The smallest absolute Gasteiger partial charge is 0.351 e. The molecule has 1 rings (SSSR count). The zero-order valence-corrected chi connectivity index (χ0v) is 8.88. The molecule has 7 heteroatoms. The number of nitrogen functional groups attached to an aromatic ring is 1. The average Bonchev–Trinajstić information content (AvgIpc) is 2.20. The molecule has 1 heterocycles. The van der Waals surface area contributed by atoms with Gasteiger partial charge < -0.3 is 15.2 Å². The van der Waals surface area contributed by atoms with E-state index in [9.17, 15) is 9.59 Å². The number of nitrogens with two attached hydrogens (primary N) is 1. The predicted molar refractivity (Wildman–Crippen MR) is 55.5 cm³/mol. The lowest BCUT2D eigenvalue weighted by molar-refractivity contribution is -0.142. The van der Waals surface area contributed by atoms with E-state index in [0.717, 1.165) is 0 Å². The first-order chi connectivity index (χ1) is 7.59. The molecule has 0 saturated heterocycles. The summed E-state index contributed by atoms with van der Waals surface area (Å²) in [6.45, 7) is 1.74. The van der Waals surface area contributed by atoms with Crippen molar-refractivity contribution in [2.45, 2.75) is 13.7 Å². The van der Waals surface area contributed by atoms with E-state index in [2.05, 4.69) is 9.72 Å². The highest BCUT2D eigenvalue weighted by molar-refractivity contribution is 5.65. The van der Waals surface area contributed by atoms with Gasteiger partial charge in [-0.1, -0.05) is 0 Å². The lowest BCUT2D eigenvalue weighted by atomic mass is 10.6. The Morgan fingerprint density at radius 3 is 2.94 bits per heavy atom. The number of esters is 1. The van der Waals surface area contributed by atoms with Crippen LogP contribution < -0.4 is 11.4 Å². The second kappa shape index (κ2) is 5.86. The summed E-state index contributed by atoms with van der Waals surface area (Å²) < 4.78 is 11.0. The predicted octanol–water partition coefficient (Wildman–Crippen LogP) is -0.637. The van der Waals surface area contributed by atoms with Gasteiger partial charge in [-0.2, -0.15) is 4.98 Å². The minimum absolute atomic E-state index is 0.0490. The Morgan fingerprint density at radius 2 is 2.31 bits per heavy atom. The minimum atomic E-state index is -0.479. The van der Waals surface area contributed by atoms with E-state index in [1.807, 2.05) is 0 Å². The molecule has 0 unspecified atom stereocenters. The van der Waals surface area contributed by atoms with Gasteiger partial charge in [-0.3, -0.25) is 9.36 Å². The summed E-state index contributed by atoms with van der Waals surface area (Å²) in [4.78, 5) is 25.2. The first-order valence-corrected chi connectivity index (χ1v) is 4.63. The Kier molecular flexibility index (Phi) is 4.46. The van der Waals surface area contributed by atoms with Crippen LogP contribution in [0.2, 0.25) is 0 Å². The molecule has 0 fully saturated rings. The van der Waals surface area contributed by atoms with E-state index in [1.165, 1.54) is 23.8 Å². The Morgan fingerprint density at radius 1 is 1.56 bits per heavy atom. The number of ether oxygens (including phenoxy) is 2. The van der Waals surface area contributed by atoms with Gasteiger partial charge in [-0.05, 0) is 6.07 Å². The van der Waals surface area contributed by atoms with Crippen molar-refractivity contribution in [2.24, 2.45) is 0 Å². The highest BCUT2D eigenvalue weighted by atomic mass is 16.6. The molecule has 1 aromatic rings. The third-order valence-corrected chi connectivity index (χ3v) is 1.66. The lowest BCUT2D eigenvalue weighted by Gasteiger charge is -2.06. The summed E-state index contributed by atoms with van der Waals surface area (Å²) in [5.41, 5.74) is 4.84. The first-order valence-electron chi connectivity index (χ1n) is 4.63. The number of rotatable bonds is 5. The van der Waals surface area contributed by atoms with Gasteiger partial charge in [0.1, 0.15) is 19.2 Å². The Labute approximate surface area is 91.8 Å². The van der Waals surface area contributed by atoms with Gasteiger partial charge in [0.05, 0.1) is 6.61 Å². The Bertz CT molecular complexity index is 415. The van der Waals surface area contributed by atoms with Crippen molar-refractivity contribution in [1.29, 1.82) is 0 Å². The quantitative estimate of drug-likeness (QED) is 0.531. The molecule has 0 aliphatic carbocycles. The van der Waals surface area contributed by atoms with Crippen LogP contribution in [0.25, 0.3) is 0 Å². The summed E-state index contributed by atoms with van der Waals surface area (Å²) in [7, 11) is 0. The van der Waals surface area contributed by atoms with Crippen LogP contribution in [0.5, 0.6) is 0 Å². The molecule has 0 saturated carbocycles. The maximum absolute atomic E-state index is 11.2. The molecule has 0 bridgehead atoms. The van der Waals surface area contributed by atoms with Crippen LogP contribution in [0.4, 0.5) is 5.82 Å². The second-order valence-electron chi connectivity index (χ2n) is 2.98. The fourth-order valence-corrected chi connectivity index (χ4v) is 0.948. The largest absolute Gasteiger partial charge is 0.463 e. The van der Waals surface area contributed by atoms with E-state index >= 15 is 0 Å². The standard InChI is InChI=1S/C9H13N3O4/c1-7(13)16-5-4-15-6-12-3-2-8(10)11-9(12)14/h2-3H,4-6H2,1H3,(H2,10,11,14). The summed E-state index contributed by atoms with van der Waals surface area (Å²) in [6, 6.07) is 1.50. The number of hydrogen-bond acceptors (Lipinski definition) is 6. The lowest BCUT2D eigenvalue weighted by Crippen LogP contribution is -2.24. The number of carbonyl (C=O) groups excluding carboxylic acids is 1. The SMILES string of the molecule is CC(=O)OCCOCn1ccc(N)nc1=O. The van der Waals surface area contributed by atoms with Crippen LogP contribution in [0.15, 0.2) is 17.1 Å². The molecule has 0 amide bonds. The second-order valence-corrected chi connectivity index (χ2v) is 2.98. The topological polar surface area (TPSA) is 96.4 Å². The third kappa shape index (κ3) is 4.09. The molecule has 1 aromatic heterocycles. The van der Waals surface area contributed by atoms with E-state index in [-0.39, 0.29) is 31.7 Å². The van der Waals surface area contributed by atoms with Gasteiger partial charge in [0.15, 0.2) is 0 Å². The number of nitrogens with zero attached hydrogens (tertiary/aromatic N) is 2. The van der Waals surface area contributed by atoms with Crippen molar-refractivity contribution in [3.05, 3.63) is 22.7 Å². The van der Waals surface area contributed by atoms with Crippen molar-refractivity contribution in [2.75, 3.05) is 18.9 Å². The zero-order valence-electron chi connectivity index (χ0n) is 8.88. The third-order valence-electron chi connectivity index (χ3n) is 1.66. The summed E-state index contributed by atoms with van der Waals surface area (Å²) >= 11 is 0. The van der Waals surface area contributed by atoms with E-state index < -0.39 is 5.69 Å². The molecule has 0 spiro atoms. The van der Waals surface area contributed by atoms with Crippen LogP contribution >= 0.6 is 0 Å². The van der Waals surface area contributed by atoms with Crippen molar-refractivity contribution in [3.63, 3.8) is 0 Å². The molecule has 0 atom stereocenters. The number of carbonyl (C=O) groups is 1. The molecule has 2 N–H and O–H groups in total. The van der Waals surface area contributed by atoms with Crippen molar-refractivity contribution in [1.82, 2.24) is 9.55 Å². The fraction of sp³-hybridized carbons (Fsp3) is 0.444. The van der Waals surface area contributed by atoms with E-state index in [0.29, 0.717) is 0 Å². The van der Waals surface area contributed by atoms with Crippen molar-refractivity contribution in [3.8, 4) is 0 Å². The summed E-state index contributed by atoms with van der Waals surface area (Å²) in [6.07, 6.45) is 1.48. The van der Waals surface area contributed by atoms with Gasteiger partial charge in [-0.25, -0.2) is 4.79 Å². The van der Waals surface area contributed by atoms with Gasteiger partial charge in [0.2, 0.25) is 0 Å². The van der Waals surface area contributed by atoms with Crippen LogP contribution in [0.3, 0.4) is 0 Å². The number of aromatic nitrogens is 2. The molecular formula is C9H13N3O4. The Hall–Kier alpha value is -1.89. The van der Waals surface area contributed by atoms with Crippen LogP contribution in [-0.4, -0.2) is 28.7 Å². The van der Waals surface area contributed by atoms with Crippen LogP contribution in [0.1, 0.15) is 6.92 Å². The Balaban J connectivity index is 2.32. The van der Waals surface area contributed by atoms with Crippen molar-refractivity contribution < 1.29 is 14.3 Å². The molecule has 16 heavy (non-hydrogen) atoms. The van der Waals surface area contributed by atoms with Gasteiger partial charge in [-0.15, -0.1) is 0 Å². The maximum atomic E-state index is 11.2. The molecule has 7 nitrogen and oxygen atoms in total. The summed E-state index contributed by atoms with van der Waals surface area (Å²) in [5, 5.41) is 0. The molecule has 0 aromatic carbocycles. The van der Waals surface area contributed by atoms with Crippen molar-refractivity contribution >= 4 is 11.8 Å². The summed E-state index contributed by atoms with van der Waals surface area (Å²) in [5.74, 6) is -0.198. The van der Waals surface area contributed by atoms with E-state index in [1.54, 1.807) is 0 Å². The molecule has 0 radical (unpaired) electrons. The van der Waals surface area contributed by atoms with Gasteiger partial charge in [0, 0.05) is 13.1 Å². The molecule has 0 aliphatic heterocycles. The molecule has 0 aliphatic rings. The zero-order chi connectivity index (χ0) is 12.0. The van der Waals surface area contributed by atoms with Gasteiger partial charge >= 0.3 is 11.7 Å². The number of hydrogen-bond donors (Lipinski definition) is 1.